The first kappa shape index (κ1) is 11.3. The number of phenols is 1. The molecule has 1 heterocycles. The molecule has 0 saturated carbocycles. The van der Waals surface area contributed by atoms with Gasteiger partial charge in [0, 0.05) is 17.7 Å². The predicted octanol–water partition coefficient (Wildman–Crippen LogP) is 2.22. The Hall–Kier alpha value is -1.23. The first-order valence-electron chi connectivity index (χ1n) is 5.04. The Bertz CT molecular complexity index is 405. The monoisotopic (exact) mass is 241 g/mol. The standard InChI is InChI=1S/C11H12FNO2S/c12-9-5-8(14)1-2-10(9)13-11(15)7-3-4-16-6-7/h1-2,5,7,14H,3-4,6H2,(H,13,15). The van der Waals surface area contributed by atoms with E-state index >= 15 is 0 Å². The first-order chi connectivity index (χ1) is 7.66. The molecular weight excluding hydrogens is 229 g/mol. The second-order valence-corrected chi connectivity index (χ2v) is 4.86. The summed E-state index contributed by atoms with van der Waals surface area (Å²) < 4.78 is 13.3. The Balaban J connectivity index is 2.05. The second kappa shape index (κ2) is 4.74. The van der Waals surface area contributed by atoms with Crippen LogP contribution in [0.1, 0.15) is 6.42 Å². The summed E-state index contributed by atoms with van der Waals surface area (Å²) >= 11 is 1.73. The van der Waals surface area contributed by atoms with Crippen molar-refractivity contribution in [3.63, 3.8) is 0 Å². The van der Waals surface area contributed by atoms with Crippen molar-refractivity contribution in [1.82, 2.24) is 0 Å². The van der Waals surface area contributed by atoms with Crippen molar-refractivity contribution in [1.29, 1.82) is 0 Å². The van der Waals surface area contributed by atoms with Crippen molar-refractivity contribution < 1.29 is 14.3 Å². The van der Waals surface area contributed by atoms with Crippen LogP contribution in [0.25, 0.3) is 0 Å². The Labute approximate surface area is 97.0 Å². The number of halogens is 1. The summed E-state index contributed by atoms with van der Waals surface area (Å²) in [5, 5.41) is 11.6. The van der Waals surface area contributed by atoms with Crippen molar-refractivity contribution in [2.45, 2.75) is 6.42 Å². The Kier molecular flexibility index (Phi) is 3.33. The summed E-state index contributed by atoms with van der Waals surface area (Å²) in [7, 11) is 0. The molecule has 0 bridgehead atoms. The quantitative estimate of drug-likeness (QED) is 0.781. The largest absolute Gasteiger partial charge is 0.508 e. The van der Waals surface area contributed by atoms with Gasteiger partial charge in [-0.05, 0) is 24.3 Å². The molecule has 1 saturated heterocycles. The number of phenolic OH excluding ortho intramolecular Hbond substituents is 1. The van der Waals surface area contributed by atoms with Gasteiger partial charge in [-0.1, -0.05) is 0 Å². The van der Waals surface area contributed by atoms with Gasteiger partial charge in [-0.3, -0.25) is 4.79 Å². The molecule has 16 heavy (non-hydrogen) atoms. The molecule has 1 atom stereocenters. The minimum absolute atomic E-state index is 0.0294. The lowest BCUT2D eigenvalue weighted by Crippen LogP contribution is -2.22. The molecule has 0 aromatic heterocycles. The zero-order valence-corrected chi connectivity index (χ0v) is 9.39. The molecule has 1 aromatic carbocycles. The Morgan fingerprint density at radius 2 is 2.38 bits per heavy atom. The van der Waals surface area contributed by atoms with Crippen LogP contribution in [0, 0.1) is 11.7 Å². The molecule has 0 radical (unpaired) electrons. The van der Waals surface area contributed by atoms with Gasteiger partial charge in [0.2, 0.25) is 5.91 Å². The number of aromatic hydroxyl groups is 1. The van der Waals surface area contributed by atoms with E-state index in [1.165, 1.54) is 12.1 Å². The van der Waals surface area contributed by atoms with E-state index in [9.17, 15) is 9.18 Å². The lowest BCUT2D eigenvalue weighted by atomic mass is 10.1. The molecule has 0 spiro atoms. The van der Waals surface area contributed by atoms with Crippen LogP contribution in [0.15, 0.2) is 18.2 Å². The molecule has 1 aliphatic rings. The van der Waals surface area contributed by atoms with E-state index in [1.54, 1.807) is 11.8 Å². The lowest BCUT2D eigenvalue weighted by molar-refractivity contribution is -0.119. The number of thioether (sulfide) groups is 1. The molecule has 1 aliphatic heterocycles. The van der Waals surface area contributed by atoms with Crippen molar-refractivity contribution >= 4 is 23.4 Å². The van der Waals surface area contributed by atoms with Gasteiger partial charge in [0.25, 0.3) is 0 Å². The summed E-state index contributed by atoms with van der Waals surface area (Å²) in [6.45, 7) is 0. The normalized spacial score (nSPS) is 19.7. The summed E-state index contributed by atoms with van der Waals surface area (Å²) in [6, 6.07) is 3.70. The van der Waals surface area contributed by atoms with Crippen LogP contribution in [0.2, 0.25) is 0 Å². The van der Waals surface area contributed by atoms with Crippen LogP contribution in [-0.2, 0) is 4.79 Å². The van der Waals surface area contributed by atoms with Crippen molar-refractivity contribution in [2.75, 3.05) is 16.8 Å². The van der Waals surface area contributed by atoms with Crippen molar-refractivity contribution in [2.24, 2.45) is 5.92 Å². The third kappa shape index (κ3) is 2.47. The molecule has 3 nitrogen and oxygen atoms in total. The average molecular weight is 241 g/mol. The van der Waals surface area contributed by atoms with Crippen molar-refractivity contribution in [3.05, 3.63) is 24.0 Å². The topological polar surface area (TPSA) is 49.3 Å². The van der Waals surface area contributed by atoms with E-state index in [0.29, 0.717) is 0 Å². The van der Waals surface area contributed by atoms with Crippen LogP contribution < -0.4 is 5.32 Å². The molecule has 2 N–H and O–H groups in total. The maximum atomic E-state index is 13.3. The molecule has 1 aromatic rings. The molecule has 5 heteroatoms. The Morgan fingerprint density at radius 3 is 3.00 bits per heavy atom. The minimum Gasteiger partial charge on any atom is -0.508 e. The zero-order chi connectivity index (χ0) is 11.5. The van der Waals surface area contributed by atoms with E-state index in [-0.39, 0.29) is 23.3 Å². The van der Waals surface area contributed by atoms with Crippen molar-refractivity contribution in [3.8, 4) is 5.75 Å². The third-order valence-electron chi connectivity index (χ3n) is 2.51. The SMILES string of the molecule is O=C(Nc1ccc(O)cc1F)C1CCSC1. The smallest absolute Gasteiger partial charge is 0.228 e. The first-order valence-corrected chi connectivity index (χ1v) is 6.19. The molecule has 2 rings (SSSR count). The molecule has 1 amide bonds. The van der Waals surface area contributed by atoms with Gasteiger partial charge >= 0.3 is 0 Å². The number of carbonyl (C=O) groups is 1. The third-order valence-corrected chi connectivity index (χ3v) is 3.67. The maximum absolute atomic E-state index is 13.3. The van der Waals surface area contributed by atoms with Gasteiger partial charge in [0.15, 0.2) is 0 Å². The highest BCUT2D eigenvalue weighted by Crippen LogP contribution is 2.26. The minimum atomic E-state index is -0.612. The number of hydrogen-bond acceptors (Lipinski definition) is 3. The maximum Gasteiger partial charge on any atom is 0.228 e. The van der Waals surface area contributed by atoms with Gasteiger partial charge < -0.3 is 10.4 Å². The van der Waals surface area contributed by atoms with Crippen LogP contribution in [0.3, 0.4) is 0 Å². The summed E-state index contributed by atoms with van der Waals surface area (Å²) in [5.74, 6) is 0.848. The number of amides is 1. The van der Waals surface area contributed by atoms with Crippen LogP contribution in [0.4, 0.5) is 10.1 Å². The molecular formula is C11H12FNO2S. The Morgan fingerprint density at radius 1 is 1.56 bits per heavy atom. The number of anilines is 1. The van der Waals surface area contributed by atoms with E-state index in [0.717, 1.165) is 24.0 Å². The van der Waals surface area contributed by atoms with E-state index < -0.39 is 5.82 Å². The average Bonchev–Trinajstić information content (AvgIpc) is 2.75. The van der Waals surface area contributed by atoms with E-state index in [2.05, 4.69) is 5.32 Å². The van der Waals surface area contributed by atoms with Gasteiger partial charge in [-0.15, -0.1) is 0 Å². The lowest BCUT2D eigenvalue weighted by Gasteiger charge is -2.10. The molecule has 1 unspecified atom stereocenters. The fraction of sp³-hybridized carbons (Fsp3) is 0.364. The highest BCUT2D eigenvalue weighted by Gasteiger charge is 2.23. The highest BCUT2D eigenvalue weighted by molar-refractivity contribution is 7.99. The zero-order valence-electron chi connectivity index (χ0n) is 8.57. The van der Waals surface area contributed by atoms with Gasteiger partial charge in [-0.2, -0.15) is 11.8 Å². The highest BCUT2D eigenvalue weighted by atomic mass is 32.2. The number of nitrogens with one attached hydrogen (secondary N) is 1. The van der Waals surface area contributed by atoms with E-state index in [1.807, 2.05) is 0 Å². The summed E-state index contributed by atoms with van der Waals surface area (Å²) in [4.78, 5) is 11.7. The van der Waals surface area contributed by atoms with Crippen LogP contribution >= 0.6 is 11.8 Å². The summed E-state index contributed by atoms with van der Waals surface area (Å²) in [5.41, 5.74) is 0.125. The second-order valence-electron chi connectivity index (χ2n) is 3.71. The fourth-order valence-electron chi connectivity index (χ4n) is 1.58. The molecule has 86 valence electrons. The van der Waals surface area contributed by atoms with Gasteiger partial charge in [0.1, 0.15) is 11.6 Å². The summed E-state index contributed by atoms with van der Waals surface area (Å²) in [6.07, 6.45) is 0.843. The number of carbonyl (C=O) groups excluding carboxylic acids is 1. The fourth-order valence-corrected chi connectivity index (χ4v) is 2.80. The number of hydrogen-bond donors (Lipinski definition) is 2. The predicted molar refractivity (Wildman–Crippen MR) is 62.1 cm³/mol. The molecule has 1 fully saturated rings. The van der Waals surface area contributed by atoms with E-state index in [4.69, 9.17) is 5.11 Å². The molecule has 0 aliphatic carbocycles. The van der Waals surface area contributed by atoms with Gasteiger partial charge in [0.05, 0.1) is 5.69 Å². The van der Waals surface area contributed by atoms with Crippen LogP contribution in [0.5, 0.6) is 5.75 Å². The van der Waals surface area contributed by atoms with Gasteiger partial charge in [-0.25, -0.2) is 4.39 Å². The number of rotatable bonds is 2. The number of benzene rings is 1. The van der Waals surface area contributed by atoms with Crippen LogP contribution in [-0.4, -0.2) is 22.5 Å².